The van der Waals surface area contributed by atoms with Crippen LogP contribution in [0.2, 0.25) is 5.02 Å². The van der Waals surface area contributed by atoms with Crippen molar-refractivity contribution in [1.82, 2.24) is 4.98 Å². The van der Waals surface area contributed by atoms with E-state index in [2.05, 4.69) is 4.98 Å². The molecule has 21 heavy (non-hydrogen) atoms. The number of hydrogen-bond donors (Lipinski definition) is 1. The van der Waals surface area contributed by atoms with Crippen molar-refractivity contribution in [2.45, 2.75) is 12.5 Å². The number of halogens is 2. The van der Waals surface area contributed by atoms with E-state index in [0.29, 0.717) is 5.56 Å². The van der Waals surface area contributed by atoms with Crippen LogP contribution in [0.4, 0.5) is 4.39 Å². The number of nitrogens with zero attached hydrogens (tertiary/aromatic N) is 1. The van der Waals surface area contributed by atoms with Crippen molar-refractivity contribution in [2.75, 3.05) is 0 Å². The molecule has 4 heteroatoms. The van der Waals surface area contributed by atoms with Crippen LogP contribution in [0.25, 0.3) is 10.9 Å². The van der Waals surface area contributed by atoms with Crippen LogP contribution in [0.1, 0.15) is 17.2 Å². The fraction of sp³-hybridized carbons (Fsp3) is 0.118. The van der Waals surface area contributed by atoms with Crippen LogP contribution in [-0.4, -0.2) is 10.1 Å². The van der Waals surface area contributed by atoms with Gasteiger partial charge >= 0.3 is 0 Å². The Bertz CT molecular complexity index is 785. The Morgan fingerprint density at radius 3 is 2.76 bits per heavy atom. The molecule has 3 rings (SSSR count). The van der Waals surface area contributed by atoms with Gasteiger partial charge in [0.2, 0.25) is 0 Å². The van der Waals surface area contributed by atoms with Crippen molar-refractivity contribution in [3.05, 3.63) is 76.7 Å². The molecule has 0 aliphatic carbocycles. The number of hydrogen-bond acceptors (Lipinski definition) is 2. The second-order valence-electron chi connectivity index (χ2n) is 4.85. The molecule has 0 aliphatic heterocycles. The first kappa shape index (κ1) is 14.0. The molecule has 0 saturated heterocycles. The Labute approximate surface area is 126 Å². The summed E-state index contributed by atoms with van der Waals surface area (Å²) in [7, 11) is 0. The number of aliphatic hydroxyl groups is 1. The fourth-order valence-corrected chi connectivity index (χ4v) is 2.63. The Balaban J connectivity index is 1.97. The number of rotatable bonds is 3. The van der Waals surface area contributed by atoms with E-state index in [1.165, 1.54) is 6.07 Å². The summed E-state index contributed by atoms with van der Waals surface area (Å²) in [6.45, 7) is 0. The monoisotopic (exact) mass is 301 g/mol. The second kappa shape index (κ2) is 5.80. The molecular weight excluding hydrogens is 289 g/mol. The molecule has 0 radical (unpaired) electrons. The third kappa shape index (κ3) is 2.75. The zero-order chi connectivity index (χ0) is 14.8. The van der Waals surface area contributed by atoms with E-state index in [-0.39, 0.29) is 11.4 Å². The van der Waals surface area contributed by atoms with E-state index in [9.17, 15) is 9.50 Å². The lowest BCUT2D eigenvalue weighted by Crippen LogP contribution is -2.05. The number of para-hydroxylation sites is 1. The molecule has 0 bridgehead atoms. The van der Waals surface area contributed by atoms with Gasteiger partial charge < -0.3 is 5.11 Å². The van der Waals surface area contributed by atoms with Crippen molar-refractivity contribution < 1.29 is 9.50 Å². The third-order valence-corrected chi connectivity index (χ3v) is 3.78. The smallest absolute Gasteiger partial charge is 0.145 e. The average Bonchev–Trinajstić information content (AvgIpc) is 2.51. The van der Waals surface area contributed by atoms with Gasteiger partial charge in [-0.05, 0) is 29.3 Å². The summed E-state index contributed by atoms with van der Waals surface area (Å²) < 4.78 is 13.9. The molecule has 0 aliphatic rings. The third-order valence-electron chi connectivity index (χ3n) is 3.49. The largest absolute Gasteiger partial charge is 0.388 e. The summed E-state index contributed by atoms with van der Waals surface area (Å²) in [5.74, 6) is -0.475. The zero-order valence-electron chi connectivity index (χ0n) is 11.1. The average molecular weight is 302 g/mol. The van der Waals surface area contributed by atoms with E-state index in [1.807, 2.05) is 24.3 Å². The summed E-state index contributed by atoms with van der Waals surface area (Å²) in [6, 6.07) is 14.1. The van der Waals surface area contributed by atoms with Crippen LogP contribution in [0.5, 0.6) is 0 Å². The molecule has 2 aromatic carbocycles. The second-order valence-corrected chi connectivity index (χ2v) is 5.26. The molecule has 0 amide bonds. The number of benzene rings is 2. The lowest BCUT2D eigenvalue weighted by Gasteiger charge is -2.14. The molecule has 1 heterocycles. The predicted octanol–water partition coefficient (Wildman–Crippen LogP) is 4.30. The molecule has 1 N–H and O–H groups in total. The van der Waals surface area contributed by atoms with Gasteiger partial charge in [0, 0.05) is 18.0 Å². The molecule has 0 spiro atoms. The Morgan fingerprint density at radius 1 is 1.10 bits per heavy atom. The van der Waals surface area contributed by atoms with E-state index < -0.39 is 11.9 Å². The first-order valence-electron chi connectivity index (χ1n) is 6.61. The fourth-order valence-electron chi connectivity index (χ4n) is 2.43. The van der Waals surface area contributed by atoms with Gasteiger partial charge in [-0.25, -0.2) is 4.39 Å². The summed E-state index contributed by atoms with van der Waals surface area (Å²) >= 11 is 5.77. The normalized spacial score (nSPS) is 12.5. The summed E-state index contributed by atoms with van der Waals surface area (Å²) in [5, 5.41) is 11.4. The highest BCUT2D eigenvalue weighted by Gasteiger charge is 2.15. The van der Waals surface area contributed by atoms with Crippen LogP contribution in [0, 0.1) is 5.82 Å². The van der Waals surface area contributed by atoms with Gasteiger partial charge in [0.1, 0.15) is 5.82 Å². The van der Waals surface area contributed by atoms with E-state index >= 15 is 0 Å². The van der Waals surface area contributed by atoms with Crippen molar-refractivity contribution >= 4 is 22.5 Å². The maximum atomic E-state index is 13.9. The van der Waals surface area contributed by atoms with Gasteiger partial charge in [-0.2, -0.15) is 0 Å². The van der Waals surface area contributed by atoms with E-state index in [0.717, 1.165) is 16.5 Å². The van der Waals surface area contributed by atoms with Crippen LogP contribution in [-0.2, 0) is 6.42 Å². The summed E-state index contributed by atoms with van der Waals surface area (Å²) in [4.78, 5) is 4.26. The minimum absolute atomic E-state index is 0.0688. The minimum atomic E-state index is -0.814. The summed E-state index contributed by atoms with van der Waals surface area (Å²) in [5.41, 5.74) is 1.94. The first-order chi connectivity index (χ1) is 10.2. The predicted molar refractivity (Wildman–Crippen MR) is 81.8 cm³/mol. The Kier molecular flexibility index (Phi) is 3.86. The molecule has 3 aromatic rings. The standard InChI is InChI=1S/C17H13ClFNO/c18-14-6-3-4-11(17(14)19)10-16(21)13-8-9-20-15-7-2-1-5-12(13)15/h1-9,16,21H,10H2. The number of aromatic nitrogens is 1. The highest BCUT2D eigenvalue weighted by atomic mass is 35.5. The quantitative estimate of drug-likeness (QED) is 0.782. The van der Waals surface area contributed by atoms with Crippen LogP contribution in [0.15, 0.2) is 54.7 Å². The molecule has 0 fully saturated rings. The zero-order valence-corrected chi connectivity index (χ0v) is 11.9. The lowest BCUT2D eigenvalue weighted by atomic mass is 9.98. The highest BCUT2D eigenvalue weighted by Crippen LogP contribution is 2.27. The molecule has 0 saturated carbocycles. The van der Waals surface area contributed by atoms with Gasteiger partial charge in [0.05, 0.1) is 16.6 Å². The minimum Gasteiger partial charge on any atom is -0.388 e. The number of pyridine rings is 1. The van der Waals surface area contributed by atoms with E-state index in [1.54, 1.807) is 24.4 Å². The van der Waals surface area contributed by atoms with Gasteiger partial charge in [-0.1, -0.05) is 41.9 Å². The molecular formula is C17H13ClFNO. The van der Waals surface area contributed by atoms with Crippen LogP contribution >= 0.6 is 11.6 Å². The van der Waals surface area contributed by atoms with Gasteiger partial charge in [-0.15, -0.1) is 0 Å². The lowest BCUT2D eigenvalue weighted by molar-refractivity contribution is 0.178. The van der Waals surface area contributed by atoms with Crippen molar-refractivity contribution in [3.8, 4) is 0 Å². The SMILES string of the molecule is OC(Cc1cccc(Cl)c1F)c1ccnc2ccccc12. The number of fused-ring (bicyclic) bond motifs is 1. The molecule has 1 unspecified atom stereocenters. The van der Waals surface area contributed by atoms with Gasteiger partial charge in [0.15, 0.2) is 0 Å². The summed E-state index contributed by atoms with van der Waals surface area (Å²) in [6.07, 6.45) is 1.00. The van der Waals surface area contributed by atoms with Gasteiger partial charge in [0.25, 0.3) is 0 Å². The first-order valence-corrected chi connectivity index (χ1v) is 6.99. The molecule has 1 aromatic heterocycles. The maximum Gasteiger partial charge on any atom is 0.145 e. The van der Waals surface area contributed by atoms with E-state index in [4.69, 9.17) is 11.6 Å². The van der Waals surface area contributed by atoms with Crippen LogP contribution < -0.4 is 0 Å². The number of aliphatic hydroxyl groups excluding tert-OH is 1. The highest BCUT2D eigenvalue weighted by molar-refractivity contribution is 6.30. The van der Waals surface area contributed by atoms with Gasteiger partial charge in [-0.3, -0.25) is 4.98 Å². The Hall–Kier alpha value is -1.97. The van der Waals surface area contributed by atoms with Crippen molar-refractivity contribution in [3.63, 3.8) is 0 Å². The van der Waals surface area contributed by atoms with Crippen LogP contribution in [0.3, 0.4) is 0 Å². The molecule has 106 valence electrons. The topological polar surface area (TPSA) is 33.1 Å². The van der Waals surface area contributed by atoms with Crippen molar-refractivity contribution in [1.29, 1.82) is 0 Å². The molecule has 2 nitrogen and oxygen atoms in total. The maximum absolute atomic E-state index is 13.9. The Morgan fingerprint density at radius 2 is 1.90 bits per heavy atom. The van der Waals surface area contributed by atoms with Crippen molar-refractivity contribution in [2.24, 2.45) is 0 Å². The molecule has 1 atom stereocenters.